The molecule has 0 aliphatic heterocycles. The molecule has 0 fully saturated rings. The van der Waals surface area contributed by atoms with E-state index in [-0.39, 0.29) is 11.8 Å². The number of aryl methyl sites for hydroxylation is 1. The lowest BCUT2D eigenvalue weighted by molar-refractivity contribution is -0.121. The highest BCUT2D eigenvalue weighted by atomic mass is 16.5. The van der Waals surface area contributed by atoms with Crippen LogP contribution in [-0.4, -0.2) is 38.1 Å². The zero-order valence-electron chi connectivity index (χ0n) is 17.2. The van der Waals surface area contributed by atoms with Crippen LogP contribution >= 0.6 is 0 Å². The number of nitrogens with one attached hydrogen (secondary N) is 2. The number of amides is 2. The van der Waals surface area contributed by atoms with E-state index in [2.05, 4.69) is 10.6 Å². The van der Waals surface area contributed by atoms with E-state index < -0.39 is 0 Å². The lowest BCUT2D eigenvalue weighted by Gasteiger charge is -2.10. The monoisotopic (exact) mass is 398 g/mol. The van der Waals surface area contributed by atoms with Crippen molar-refractivity contribution < 1.29 is 19.1 Å². The zero-order chi connectivity index (χ0) is 20.9. The maximum Gasteiger partial charge on any atom is 0.255 e. The van der Waals surface area contributed by atoms with Crippen molar-refractivity contribution in [3.8, 4) is 11.5 Å². The summed E-state index contributed by atoms with van der Waals surface area (Å²) < 4.78 is 11.1. The van der Waals surface area contributed by atoms with Crippen molar-refractivity contribution >= 4 is 11.8 Å². The minimum absolute atomic E-state index is 0.0236. The van der Waals surface area contributed by atoms with Gasteiger partial charge in [-0.2, -0.15) is 0 Å². The average Bonchev–Trinajstić information content (AvgIpc) is 2.71. The van der Waals surface area contributed by atoms with Crippen molar-refractivity contribution in [1.29, 1.82) is 0 Å². The first-order valence-electron chi connectivity index (χ1n) is 10.1. The second kappa shape index (κ2) is 12.4. The van der Waals surface area contributed by atoms with Crippen LogP contribution in [0.4, 0.5) is 0 Å². The lowest BCUT2D eigenvalue weighted by atomic mass is 10.2. The van der Waals surface area contributed by atoms with Gasteiger partial charge in [-0.15, -0.1) is 0 Å². The van der Waals surface area contributed by atoms with E-state index in [0.717, 1.165) is 17.7 Å². The van der Waals surface area contributed by atoms with Gasteiger partial charge >= 0.3 is 0 Å². The van der Waals surface area contributed by atoms with Gasteiger partial charge in [-0.3, -0.25) is 9.59 Å². The SMILES string of the molecule is CCOc1ccccc1C(=O)NCCCC(=O)NCCCOc1cccc(C)c1. The van der Waals surface area contributed by atoms with Crippen molar-refractivity contribution in [3.05, 3.63) is 59.7 Å². The summed E-state index contributed by atoms with van der Waals surface area (Å²) in [7, 11) is 0. The van der Waals surface area contributed by atoms with Crippen molar-refractivity contribution in [2.75, 3.05) is 26.3 Å². The molecule has 6 heteroatoms. The standard InChI is InChI=1S/C23H30N2O4/c1-3-28-21-12-5-4-11-20(21)23(27)25-14-7-13-22(26)24-15-8-16-29-19-10-6-9-18(2)17-19/h4-6,9-12,17H,3,7-8,13-16H2,1-2H3,(H,24,26)(H,25,27). The molecule has 0 aliphatic rings. The van der Waals surface area contributed by atoms with Gasteiger partial charge in [0.2, 0.25) is 5.91 Å². The van der Waals surface area contributed by atoms with E-state index in [0.29, 0.717) is 50.5 Å². The van der Waals surface area contributed by atoms with Crippen LogP contribution in [0.15, 0.2) is 48.5 Å². The van der Waals surface area contributed by atoms with E-state index in [1.165, 1.54) is 0 Å². The predicted molar refractivity (Wildman–Crippen MR) is 113 cm³/mol. The van der Waals surface area contributed by atoms with E-state index in [9.17, 15) is 9.59 Å². The van der Waals surface area contributed by atoms with E-state index in [1.54, 1.807) is 18.2 Å². The average molecular weight is 399 g/mol. The molecule has 29 heavy (non-hydrogen) atoms. The summed E-state index contributed by atoms with van der Waals surface area (Å²) >= 11 is 0. The van der Waals surface area contributed by atoms with Crippen LogP contribution in [0.1, 0.15) is 42.1 Å². The lowest BCUT2D eigenvalue weighted by Crippen LogP contribution is -2.28. The number of ether oxygens (including phenoxy) is 2. The van der Waals surface area contributed by atoms with Crippen LogP contribution in [0.25, 0.3) is 0 Å². The molecule has 156 valence electrons. The Balaban J connectivity index is 1.56. The number of hydrogen-bond donors (Lipinski definition) is 2. The highest BCUT2D eigenvalue weighted by Gasteiger charge is 2.11. The Bertz CT molecular complexity index is 792. The Morgan fingerprint density at radius 3 is 2.52 bits per heavy atom. The molecule has 2 N–H and O–H groups in total. The van der Waals surface area contributed by atoms with Crippen LogP contribution in [0.2, 0.25) is 0 Å². The minimum atomic E-state index is -0.192. The summed E-state index contributed by atoms with van der Waals surface area (Å²) in [6.07, 6.45) is 1.69. The Morgan fingerprint density at radius 1 is 0.931 bits per heavy atom. The topological polar surface area (TPSA) is 76.7 Å². The quantitative estimate of drug-likeness (QED) is 0.537. The van der Waals surface area contributed by atoms with Crippen molar-refractivity contribution in [1.82, 2.24) is 10.6 Å². The molecule has 0 atom stereocenters. The molecule has 0 aliphatic carbocycles. The molecule has 0 aromatic heterocycles. The first-order chi connectivity index (χ1) is 14.1. The first kappa shape index (κ1) is 22.3. The highest BCUT2D eigenvalue weighted by Crippen LogP contribution is 2.17. The van der Waals surface area contributed by atoms with E-state index in [4.69, 9.17) is 9.47 Å². The summed E-state index contributed by atoms with van der Waals surface area (Å²) in [5.74, 6) is 1.20. The summed E-state index contributed by atoms with van der Waals surface area (Å²) in [6, 6.07) is 15.0. The van der Waals surface area contributed by atoms with Gasteiger partial charge in [0.05, 0.1) is 18.8 Å². The van der Waals surface area contributed by atoms with E-state index in [1.807, 2.05) is 44.2 Å². The van der Waals surface area contributed by atoms with Gasteiger partial charge in [-0.25, -0.2) is 0 Å². The molecule has 2 aromatic carbocycles. The number of carbonyl (C=O) groups is 2. The number of rotatable bonds is 12. The van der Waals surface area contributed by atoms with Gasteiger partial charge < -0.3 is 20.1 Å². The number of hydrogen-bond acceptors (Lipinski definition) is 4. The molecular weight excluding hydrogens is 368 g/mol. The predicted octanol–water partition coefficient (Wildman–Crippen LogP) is 3.49. The molecule has 2 amide bonds. The molecule has 0 spiro atoms. The molecule has 6 nitrogen and oxygen atoms in total. The highest BCUT2D eigenvalue weighted by molar-refractivity contribution is 5.96. The van der Waals surface area contributed by atoms with Crippen LogP contribution in [0.5, 0.6) is 11.5 Å². The molecule has 0 unspecified atom stereocenters. The van der Waals surface area contributed by atoms with Crippen molar-refractivity contribution in [2.24, 2.45) is 0 Å². The fourth-order valence-corrected chi connectivity index (χ4v) is 2.77. The second-order valence-electron chi connectivity index (χ2n) is 6.66. The van der Waals surface area contributed by atoms with E-state index >= 15 is 0 Å². The third-order valence-electron chi connectivity index (χ3n) is 4.20. The Kier molecular flexibility index (Phi) is 9.55. The first-order valence-corrected chi connectivity index (χ1v) is 10.1. The van der Waals surface area contributed by atoms with Crippen molar-refractivity contribution in [3.63, 3.8) is 0 Å². The maximum atomic E-state index is 12.3. The fourth-order valence-electron chi connectivity index (χ4n) is 2.77. The number of benzene rings is 2. The summed E-state index contributed by atoms with van der Waals surface area (Å²) in [4.78, 5) is 24.2. The smallest absolute Gasteiger partial charge is 0.255 e. The summed E-state index contributed by atoms with van der Waals surface area (Å²) in [5.41, 5.74) is 1.66. The molecule has 2 aromatic rings. The Labute approximate surface area is 172 Å². The van der Waals surface area contributed by atoms with Crippen LogP contribution in [-0.2, 0) is 4.79 Å². The minimum Gasteiger partial charge on any atom is -0.494 e. The second-order valence-corrected chi connectivity index (χ2v) is 6.66. The molecule has 0 bridgehead atoms. The Hall–Kier alpha value is -3.02. The molecule has 2 rings (SSSR count). The van der Waals surface area contributed by atoms with Gasteiger partial charge in [0, 0.05) is 19.5 Å². The zero-order valence-corrected chi connectivity index (χ0v) is 17.2. The van der Waals surface area contributed by atoms with Crippen molar-refractivity contribution in [2.45, 2.75) is 33.1 Å². The summed E-state index contributed by atoms with van der Waals surface area (Å²) in [6.45, 7) is 5.96. The van der Waals surface area contributed by atoms with Gasteiger partial charge in [0.1, 0.15) is 11.5 Å². The molecule has 0 heterocycles. The number of para-hydroxylation sites is 1. The Morgan fingerprint density at radius 2 is 1.72 bits per heavy atom. The molecular formula is C23H30N2O4. The largest absolute Gasteiger partial charge is 0.494 e. The van der Waals surface area contributed by atoms with Crippen LogP contribution < -0.4 is 20.1 Å². The third-order valence-corrected chi connectivity index (χ3v) is 4.20. The fraction of sp³-hybridized carbons (Fsp3) is 0.391. The van der Waals surface area contributed by atoms with Gasteiger partial charge in [-0.05, 0) is 56.5 Å². The third kappa shape index (κ3) is 8.25. The molecule has 0 radical (unpaired) electrons. The number of carbonyl (C=O) groups excluding carboxylic acids is 2. The van der Waals surface area contributed by atoms with Crippen LogP contribution in [0.3, 0.4) is 0 Å². The normalized spacial score (nSPS) is 10.3. The summed E-state index contributed by atoms with van der Waals surface area (Å²) in [5, 5.41) is 5.71. The molecule has 0 saturated carbocycles. The van der Waals surface area contributed by atoms with Gasteiger partial charge in [-0.1, -0.05) is 24.3 Å². The van der Waals surface area contributed by atoms with Crippen LogP contribution in [0, 0.1) is 6.92 Å². The van der Waals surface area contributed by atoms with Gasteiger partial charge in [0.15, 0.2) is 0 Å². The van der Waals surface area contributed by atoms with Gasteiger partial charge in [0.25, 0.3) is 5.91 Å². The molecule has 0 saturated heterocycles. The maximum absolute atomic E-state index is 12.3.